The van der Waals surface area contributed by atoms with Gasteiger partial charge in [0.25, 0.3) is 0 Å². The standard InChI is InChI=1S/C6H6O.C5H11Br/c7-6-4-2-1-3-5-6;1-2-3-4-5-6/h1-5,7H;2-5H2,1H3. The third kappa shape index (κ3) is 9.41. The maximum absolute atomic E-state index is 8.63. The molecule has 0 atom stereocenters. The van der Waals surface area contributed by atoms with Crippen LogP contribution in [0, 0.1) is 0 Å². The van der Waals surface area contributed by atoms with Crippen LogP contribution in [0.2, 0.25) is 0 Å². The number of rotatable bonds is 3. The van der Waals surface area contributed by atoms with E-state index in [0.29, 0.717) is 5.75 Å². The van der Waals surface area contributed by atoms with Crippen LogP contribution in [-0.4, -0.2) is 10.4 Å². The molecule has 1 N–H and O–H groups in total. The molecule has 0 aliphatic rings. The van der Waals surface area contributed by atoms with Crippen LogP contribution in [0.3, 0.4) is 0 Å². The van der Waals surface area contributed by atoms with Gasteiger partial charge < -0.3 is 5.11 Å². The van der Waals surface area contributed by atoms with Crippen LogP contribution in [0.15, 0.2) is 30.3 Å². The Kier molecular flexibility index (Phi) is 9.22. The summed E-state index contributed by atoms with van der Waals surface area (Å²) in [5.41, 5.74) is 0. The molecule has 0 radical (unpaired) electrons. The lowest BCUT2D eigenvalue weighted by molar-refractivity contribution is 0.475. The molecular weight excluding hydrogens is 228 g/mol. The van der Waals surface area contributed by atoms with Crippen LogP contribution in [0.1, 0.15) is 26.2 Å². The molecule has 0 saturated carbocycles. The van der Waals surface area contributed by atoms with E-state index in [1.807, 2.05) is 6.07 Å². The van der Waals surface area contributed by atoms with Crippen molar-refractivity contribution in [3.8, 4) is 5.75 Å². The summed E-state index contributed by atoms with van der Waals surface area (Å²) < 4.78 is 0. The second-order valence-corrected chi connectivity index (χ2v) is 3.52. The van der Waals surface area contributed by atoms with Gasteiger partial charge in [0.2, 0.25) is 0 Å². The van der Waals surface area contributed by atoms with E-state index < -0.39 is 0 Å². The number of para-hydroxylation sites is 1. The number of phenolic OH excluding ortho intramolecular Hbond substituents is 1. The average molecular weight is 245 g/mol. The molecule has 13 heavy (non-hydrogen) atoms. The molecule has 1 aromatic carbocycles. The molecule has 0 saturated heterocycles. The summed E-state index contributed by atoms with van der Waals surface area (Å²) in [7, 11) is 0. The Hall–Kier alpha value is -0.500. The SMILES string of the molecule is CCCCCBr.Oc1ccccc1. The van der Waals surface area contributed by atoms with Crippen molar-refractivity contribution in [3.05, 3.63) is 30.3 Å². The van der Waals surface area contributed by atoms with Gasteiger partial charge in [-0.3, -0.25) is 0 Å². The molecule has 1 nitrogen and oxygen atoms in total. The number of benzene rings is 1. The quantitative estimate of drug-likeness (QED) is 0.631. The minimum Gasteiger partial charge on any atom is -0.508 e. The molecule has 0 unspecified atom stereocenters. The van der Waals surface area contributed by atoms with E-state index in [1.165, 1.54) is 24.6 Å². The number of halogens is 1. The number of unbranched alkanes of at least 4 members (excludes halogenated alkanes) is 2. The van der Waals surface area contributed by atoms with Crippen LogP contribution < -0.4 is 0 Å². The zero-order valence-electron chi connectivity index (χ0n) is 8.04. The second-order valence-electron chi connectivity index (χ2n) is 2.73. The molecule has 1 aromatic rings. The van der Waals surface area contributed by atoms with Crippen molar-refractivity contribution >= 4 is 15.9 Å². The molecule has 0 spiro atoms. The third-order valence-electron chi connectivity index (χ3n) is 1.49. The predicted molar refractivity (Wildman–Crippen MR) is 61.4 cm³/mol. The van der Waals surface area contributed by atoms with Crippen LogP contribution in [0.25, 0.3) is 0 Å². The summed E-state index contributed by atoms with van der Waals surface area (Å²) in [6, 6.07) is 8.71. The highest BCUT2D eigenvalue weighted by atomic mass is 79.9. The molecule has 0 aliphatic carbocycles. The Morgan fingerprint density at radius 2 is 1.77 bits per heavy atom. The highest BCUT2D eigenvalue weighted by Crippen LogP contribution is 2.02. The molecule has 74 valence electrons. The van der Waals surface area contributed by atoms with Crippen molar-refractivity contribution in [3.63, 3.8) is 0 Å². The van der Waals surface area contributed by atoms with E-state index in [4.69, 9.17) is 5.11 Å². The van der Waals surface area contributed by atoms with Crippen molar-refractivity contribution in [2.24, 2.45) is 0 Å². The van der Waals surface area contributed by atoms with Gasteiger partial charge in [-0.2, -0.15) is 0 Å². The van der Waals surface area contributed by atoms with Crippen LogP contribution in [0.5, 0.6) is 5.75 Å². The van der Waals surface area contributed by atoms with Crippen molar-refractivity contribution < 1.29 is 5.11 Å². The van der Waals surface area contributed by atoms with E-state index in [0.717, 1.165) is 0 Å². The largest absolute Gasteiger partial charge is 0.508 e. The number of phenols is 1. The third-order valence-corrected chi connectivity index (χ3v) is 2.05. The maximum Gasteiger partial charge on any atom is 0.115 e. The molecule has 1 rings (SSSR count). The summed E-state index contributed by atoms with van der Waals surface area (Å²) in [6.45, 7) is 2.21. The molecule has 0 amide bonds. The first-order chi connectivity index (χ1) is 6.31. The first kappa shape index (κ1) is 12.5. The van der Waals surface area contributed by atoms with E-state index >= 15 is 0 Å². The Bertz CT molecular complexity index is 183. The van der Waals surface area contributed by atoms with Gasteiger partial charge in [0.05, 0.1) is 0 Å². The van der Waals surface area contributed by atoms with E-state index in [2.05, 4.69) is 22.9 Å². The number of hydrogen-bond acceptors (Lipinski definition) is 1. The van der Waals surface area contributed by atoms with Gasteiger partial charge in [0, 0.05) is 5.33 Å². The minimum atomic E-state index is 0.322. The Morgan fingerprint density at radius 1 is 1.15 bits per heavy atom. The van der Waals surface area contributed by atoms with Crippen LogP contribution in [0.4, 0.5) is 0 Å². The summed E-state index contributed by atoms with van der Waals surface area (Å²) >= 11 is 3.35. The first-order valence-corrected chi connectivity index (χ1v) is 5.73. The smallest absolute Gasteiger partial charge is 0.115 e. The van der Waals surface area contributed by atoms with Crippen LogP contribution in [-0.2, 0) is 0 Å². The predicted octanol–water partition coefficient (Wildman–Crippen LogP) is 3.96. The molecule has 0 aromatic heterocycles. The van der Waals surface area contributed by atoms with Crippen molar-refractivity contribution in [1.82, 2.24) is 0 Å². The summed E-state index contributed by atoms with van der Waals surface area (Å²) in [5.74, 6) is 0.322. The monoisotopic (exact) mass is 244 g/mol. The fourth-order valence-electron chi connectivity index (χ4n) is 0.772. The van der Waals surface area contributed by atoms with Gasteiger partial charge in [0.15, 0.2) is 0 Å². The number of hydrogen-bond donors (Lipinski definition) is 1. The Labute approximate surface area is 88.9 Å². The van der Waals surface area contributed by atoms with Crippen molar-refractivity contribution in [2.75, 3.05) is 5.33 Å². The first-order valence-electron chi connectivity index (χ1n) is 4.61. The molecule has 0 fully saturated rings. The lowest BCUT2D eigenvalue weighted by Crippen LogP contribution is -1.70. The molecule has 0 heterocycles. The normalized spacial score (nSPS) is 8.77. The number of aromatic hydroxyl groups is 1. The molecule has 2 heteroatoms. The van der Waals surface area contributed by atoms with Gasteiger partial charge in [-0.15, -0.1) is 0 Å². The summed E-state index contributed by atoms with van der Waals surface area (Å²) in [6.07, 6.45) is 4.02. The van der Waals surface area contributed by atoms with Crippen LogP contribution >= 0.6 is 15.9 Å². The lowest BCUT2D eigenvalue weighted by Gasteiger charge is -1.85. The van der Waals surface area contributed by atoms with Gasteiger partial charge in [-0.05, 0) is 18.6 Å². The topological polar surface area (TPSA) is 20.2 Å². The lowest BCUT2D eigenvalue weighted by atomic mass is 10.3. The highest BCUT2D eigenvalue weighted by molar-refractivity contribution is 9.09. The summed E-state index contributed by atoms with van der Waals surface area (Å²) in [4.78, 5) is 0. The van der Waals surface area contributed by atoms with E-state index in [-0.39, 0.29) is 0 Å². The van der Waals surface area contributed by atoms with E-state index in [1.54, 1.807) is 24.3 Å². The van der Waals surface area contributed by atoms with Crippen molar-refractivity contribution in [1.29, 1.82) is 0 Å². The average Bonchev–Trinajstić information content (AvgIpc) is 2.17. The van der Waals surface area contributed by atoms with Gasteiger partial charge in [-0.1, -0.05) is 53.9 Å². The number of alkyl halides is 1. The Morgan fingerprint density at radius 3 is 2.00 bits per heavy atom. The zero-order chi connectivity index (χ0) is 9.94. The highest BCUT2D eigenvalue weighted by Gasteiger charge is 1.76. The van der Waals surface area contributed by atoms with Gasteiger partial charge in [-0.25, -0.2) is 0 Å². The van der Waals surface area contributed by atoms with Crippen molar-refractivity contribution in [2.45, 2.75) is 26.2 Å². The second kappa shape index (κ2) is 9.59. The van der Waals surface area contributed by atoms with Gasteiger partial charge in [0.1, 0.15) is 5.75 Å². The fraction of sp³-hybridized carbons (Fsp3) is 0.455. The van der Waals surface area contributed by atoms with Gasteiger partial charge >= 0.3 is 0 Å². The Balaban J connectivity index is 0.000000226. The minimum absolute atomic E-state index is 0.322. The molecule has 0 bridgehead atoms. The molecular formula is C11H17BrO. The van der Waals surface area contributed by atoms with E-state index in [9.17, 15) is 0 Å². The molecule has 0 aliphatic heterocycles. The fourth-order valence-corrected chi connectivity index (χ4v) is 1.17. The zero-order valence-corrected chi connectivity index (χ0v) is 9.63. The summed E-state index contributed by atoms with van der Waals surface area (Å²) in [5, 5.41) is 9.80. The maximum atomic E-state index is 8.63.